The summed E-state index contributed by atoms with van der Waals surface area (Å²) in [6.45, 7) is 5.10. The van der Waals surface area contributed by atoms with Gasteiger partial charge in [-0.05, 0) is 53.4 Å². The summed E-state index contributed by atoms with van der Waals surface area (Å²) in [6.07, 6.45) is 2.04. The standard InChI is InChI=1S/C27H28N8O2/c1-3-4-15-35(27-30-23-16-20(29-26(28)36)13-14-24(23)37-27)17(2)18-9-11-19(12-10-18)21-7-5-6-8-22(21)25-31-33-34-32-25/h5-14,16-17H,3-4,15H2,1-2H3,(H3,28,29,36)(H,31,32,33,34)/t17-/m1/s1. The van der Waals surface area contributed by atoms with Gasteiger partial charge in [-0.3, -0.25) is 0 Å². The molecular weight excluding hydrogens is 468 g/mol. The molecule has 1 atom stereocenters. The van der Waals surface area contributed by atoms with Crippen molar-refractivity contribution < 1.29 is 9.21 Å². The number of aromatic nitrogens is 5. The normalized spacial score (nSPS) is 11.9. The summed E-state index contributed by atoms with van der Waals surface area (Å²) in [6, 6.07) is 21.7. The van der Waals surface area contributed by atoms with Gasteiger partial charge in [0.15, 0.2) is 5.58 Å². The molecule has 188 valence electrons. The quantitative estimate of drug-likeness (QED) is 0.244. The van der Waals surface area contributed by atoms with Gasteiger partial charge >= 0.3 is 6.03 Å². The molecule has 10 heteroatoms. The maximum Gasteiger partial charge on any atom is 0.316 e. The fourth-order valence-electron chi connectivity index (χ4n) is 4.37. The van der Waals surface area contributed by atoms with Crippen molar-refractivity contribution in [2.75, 3.05) is 16.8 Å². The molecule has 0 spiro atoms. The number of rotatable bonds is 9. The van der Waals surface area contributed by atoms with Crippen molar-refractivity contribution in [3.05, 3.63) is 72.3 Å². The molecule has 0 saturated heterocycles. The van der Waals surface area contributed by atoms with Gasteiger partial charge in [0.1, 0.15) is 5.52 Å². The third-order valence-electron chi connectivity index (χ3n) is 6.33. The van der Waals surface area contributed by atoms with Crippen LogP contribution in [0, 0.1) is 0 Å². The Morgan fingerprint density at radius 2 is 1.89 bits per heavy atom. The first-order valence-electron chi connectivity index (χ1n) is 12.2. The van der Waals surface area contributed by atoms with Crippen molar-refractivity contribution in [1.29, 1.82) is 0 Å². The van der Waals surface area contributed by atoms with Crippen molar-refractivity contribution in [3.8, 4) is 22.5 Å². The lowest BCUT2D eigenvalue weighted by molar-refractivity contribution is 0.259. The number of unbranched alkanes of at least 4 members (excludes halogenated alkanes) is 1. The number of aromatic amines is 1. The van der Waals surface area contributed by atoms with E-state index in [2.05, 4.69) is 75.0 Å². The SMILES string of the molecule is CCCCN(c1nc2cc(NC(N)=O)ccc2o1)[C@H](C)c1ccc(-c2ccccc2-c2nn[nH]n2)cc1. The minimum atomic E-state index is -0.621. The van der Waals surface area contributed by atoms with E-state index >= 15 is 0 Å². The number of hydrogen-bond donors (Lipinski definition) is 3. The van der Waals surface area contributed by atoms with Crippen LogP contribution in [0.3, 0.4) is 0 Å². The number of H-pyrrole nitrogens is 1. The van der Waals surface area contributed by atoms with Gasteiger partial charge in [0.05, 0.1) is 6.04 Å². The summed E-state index contributed by atoms with van der Waals surface area (Å²) in [7, 11) is 0. The summed E-state index contributed by atoms with van der Waals surface area (Å²) in [4.78, 5) is 18.1. The number of amides is 2. The van der Waals surface area contributed by atoms with Crippen molar-refractivity contribution in [1.82, 2.24) is 25.6 Å². The fraction of sp³-hybridized carbons (Fsp3) is 0.222. The predicted octanol–water partition coefficient (Wildman–Crippen LogP) is 5.53. The molecule has 0 aliphatic heterocycles. The highest BCUT2D eigenvalue weighted by Gasteiger charge is 2.22. The lowest BCUT2D eigenvalue weighted by atomic mass is 9.97. The minimum absolute atomic E-state index is 0.0179. The first-order valence-corrected chi connectivity index (χ1v) is 12.2. The number of nitrogens with zero attached hydrogens (tertiary/aromatic N) is 5. The molecule has 0 aliphatic rings. The third-order valence-corrected chi connectivity index (χ3v) is 6.33. The Balaban J connectivity index is 1.43. The third kappa shape index (κ3) is 5.13. The molecule has 0 fully saturated rings. The lowest BCUT2D eigenvalue weighted by Gasteiger charge is -2.28. The molecule has 2 heterocycles. The second kappa shape index (κ2) is 10.5. The lowest BCUT2D eigenvalue weighted by Crippen LogP contribution is -2.28. The monoisotopic (exact) mass is 496 g/mol. The number of tetrazole rings is 1. The summed E-state index contributed by atoms with van der Waals surface area (Å²) >= 11 is 0. The van der Waals surface area contributed by atoms with Gasteiger partial charge in [-0.1, -0.05) is 61.9 Å². The number of benzene rings is 3. The Morgan fingerprint density at radius 1 is 1.11 bits per heavy atom. The highest BCUT2D eigenvalue weighted by Crippen LogP contribution is 2.34. The van der Waals surface area contributed by atoms with Crippen LogP contribution in [0.15, 0.2) is 71.1 Å². The predicted molar refractivity (Wildman–Crippen MR) is 143 cm³/mol. The average molecular weight is 497 g/mol. The van der Waals surface area contributed by atoms with Crippen molar-refractivity contribution in [3.63, 3.8) is 0 Å². The summed E-state index contributed by atoms with van der Waals surface area (Å²) in [5, 5.41) is 17.1. The molecule has 0 radical (unpaired) electrons. The van der Waals surface area contributed by atoms with E-state index in [4.69, 9.17) is 15.1 Å². The maximum absolute atomic E-state index is 11.2. The van der Waals surface area contributed by atoms with Crippen LogP contribution in [0.25, 0.3) is 33.6 Å². The van der Waals surface area contributed by atoms with E-state index in [9.17, 15) is 4.79 Å². The molecule has 10 nitrogen and oxygen atoms in total. The van der Waals surface area contributed by atoms with Crippen LogP contribution in [0.4, 0.5) is 16.5 Å². The van der Waals surface area contributed by atoms with E-state index in [0.717, 1.165) is 41.6 Å². The molecule has 5 aromatic rings. The van der Waals surface area contributed by atoms with Crippen LogP contribution in [-0.2, 0) is 0 Å². The number of oxazole rings is 1. The molecule has 0 aliphatic carbocycles. The smallest absolute Gasteiger partial charge is 0.316 e. The molecule has 3 aromatic carbocycles. The maximum atomic E-state index is 11.2. The average Bonchev–Trinajstić information content (AvgIpc) is 3.59. The van der Waals surface area contributed by atoms with E-state index in [1.165, 1.54) is 0 Å². The van der Waals surface area contributed by atoms with Gasteiger partial charge in [-0.25, -0.2) is 4.79 Å². The molecule has 0 saturated carbocycles. The minimum Gasteiger partial charge on any atom is -0.423 e. The van der Waals surface area contributed by atoms with Gasteiger partial charge in [0.2, 0.25) is 5.82 Å². The molecule has 2 aromatic heterocycles. The Labute approximate surface area is 213 Å². The molecular formula is C27H28N8O2. The number of urea groups is 1. The summed E-state index contributed by atoms with van der Waals surface area (Å²) in [5.74, 6) is 0.559. The van der Waals surface area contributed by atoms with Gasteiger partial charge in [0, 0.05) is 17.8 Å². The highest BCUT2D eigenvalue weighted by molar-refractivity contribution is 5.90. The van der Waals surface area contributed by atoms with E-state index in [0.29, 0.717) is 28.6 Å². The first kappa shape index (κ1) is 24.0. The molecule has 5 rings (SSSR count). The van der Waals surface area contributed by atoms with Gasteiger partial charge in [-0.2, -0.15) is 10.2 Å². The number of nitrogens with two attached hydrogens (primary N) is 1. The number of anilines is 2. The zero-order valence-electron chi connectivity index (χ0n) is 20.7. The van der Waals surface area contributed by atoms with Gasteiger partial charge in [-0.15, -0.1) is 10.2 Å². The fourth-order valence-corrected chi connectivity index (χ4v) is 4.37. The Morgan fingerprint density at radius 3 is 2.59 bits per heavy atom. The first-order chi connectivity index (χ1) is 18.0. The molecule has 37 heavy (non-hydrogen) atoms. The van der Waals surface area contributed by atoms with Crippen LogP contribution in [0.2, 0.25) is 0 Å². The summed E-state index contributed by atoms with van der Waals surface area (Å²) in [5.41, 5.74) is 11.3. The Kier molecular flexibility index (Phi) is 6.80. The van der Waals surface area contributed by atoms with Crippen molar-refractivity contribution in [2.45, 2.75) is 32.7 Å². The van der Waals surface area contributed by atoms with E-state index in [1.54, 1.807) is 18.2 Å². The van der Waals surface area contributed by atoms with Crippen LogP contribution in [-0.4, -0.2) is 38.2 Å². The van der Waals surface area contributed by atoms with E-state index < -0.39 is 6.03 Å². The second-order valence-electron chi connectivity index (χ2n) is 8.79. The van der Waals surface area contributed by atoms with Crippen LogP contribution < -0.4 is 16.0 Å². The van der Waals surface area contributed by atoms with Gasteiger partial charge in [0.25, 0.3) is 6.01 Å². The van der Waals surface area contributed by atoms with Crippen LogP contribution in [0.5, 0.6) is 0 Å². The van der Waals surface area contributed by atoms with E-state index in [-0.39, 0.29) is 6.04 Å². The number of carbonyl (C=O) groups is 1. The number of hydrogen-bond acceptors (Lipinski definition) is 7. The van der Waals surface area contributed by atoms with E-state index in [1.807, 2.05) is 18.2 Å². The Bertz CT molecular complexity index is 1490. The molecule has 0 unspecified atom stereocenters. The molecule has 2 amide bonds. The highest BCUT2D eigenvalue weighted by atomic mass is 16.4. The number of primary amides is 1. The second-order valence-corrected chi connectivity index (χ2v) is 8.79. The largest absolute Gasteiger partial charge is 0.423 e. The van der Waals surface area contributed by atoms with Crippen molar-refractivity contribution >= 4 is 28.8 Å². The number of carbonyl (C=O) groups excluding carboxylic acids is 1. The van der Waals surface area contributed by atoms with Crippen LogP contribution >= 0.6 is 0 Å². The zero-order chi connectivity index (χ0) is 25.8. The molecule has 4 N–H and O–H groups in total. The zero-order valence-corrected chi connectivity index (χ0v) is 20.7. The molecule has 0 bridgehead atoms. The summed E-state index contributed by atoms with van der Waals surface area (Å²) < 4.78 is 6.13. The number of nitrogens with one attached hydrogen (secondary N) is 2. The Hall–Kier alpha value is -4.73. The van der Waals surface area contributed by atoms with Gasteiger partial charge < -0.3 is 20.4 Å². The topological polar surface area (TPSA) is 139 Å². The van der Waals surface area contributed by atoms with Crippen LogP contribution in [0.1, 0.15) is 38.3 Å². The number of fused-ring (bicyclic) bond motifs is 1. The van der Waals surface area contributed by atoms with Crippen molar-refractivity contribution in [2.24, 2.45) is 5.73 Å².